The van der Waals surface area contributed by atoms with Crippen molar-refractivity contribution in [3.05, 3.63) is 12.2 Å². The molecule has 0 saturated heterocycles. The minimum absolute atomic E-state index is 0.0246. The molecule has 0 aromatic heterocycles. The van der Waals surface area contributed by atoms with E-state index in [1.165, 1.54) is 12.3 Å². The predicted molar refractivity (Wildman–Crippen MR) is 39.8 cm³/mol. The van der Waals surface area contributed by atoms with Crippen LogP contribution in [0.2, 0.25) is 0 Å². The number of rotatable bonds is 3. The fraction of sp³-hybridized carbons (Fsp3) is 0.500. The summed E-state index contributed by atoms with van der Waals surface area (Å²) in [5.41, 5.74) is 0. The van der Waals surface area contributed by atoms with Crippen molar-refractivity contribution in [1.82, 2.24) is 0 Å². The lowest BCUT2D eigenvalue weighted by Crippen LogP contribution is -2.05. The summed E-state index contributed by atoms with van der Waals surface area (Å²) in [6.45, 7) is 1.71. The lowest BCUT2D eigenvalue weighted by molar-refractivity contribution is -0.135. The zero-order valence-electron chi connectivity index (χ0n) is 5.99. The van der Waals surface area contributed by atoms with Gasteiger partial charge in [-0.15, -0.1) is 0 Å². The average Bonchev–Trinajstić information content (AvgIpc) is 1.85. The first kappa shape index (κ1) is 9.36. The van der Waals surface area contributed by atoms with Gasteiger partial charge in [-0.2, -0.15) is 0 Å². The van der Waals surface area contributed by atoms with Gasteiger partial charge in [0.25, 0.3) is 0 Å². The summed E-state index contributed by atoms with van der Waals surface area (Å²) < 4.78 is 14.9. The first-order valence-electron chi connectivity index (χ1n) is 2.76. The van der Waals surface area contributed by atoms with Crippen LogP contribution in [0.4, 0.5) is 0 Å². The molecular formula is C6H10O3S. The molecule has 0 spiro atoms. The normalized spacial score (nSPS) is 13.4. The van der Waals surface area contributed by atoms with Crippen molar-refractivity contribution in [2.75, 3.05) is 12.2 Å². The van der Waals surface area contributed by atoms with E-state index in [2.05, 4.69) is 4.74 Å². The molecule has 0 N–H and O–H groups in total. The highest BCUT2D eigenvalue weighted by molar-refractivity contribution is 7.84. The number of carbonyl (C=O) groups is 1. The molecule has 0 saturated carbocycles. The quantitative estimate of drug-likeness (QED) is 0.447. The Hall–Kier alpha value is -0.640. The summed E-state index contributed by atoms with van der Waals surface area (Å²) in [6.07, 6.45) is 4.33. The summed E-state index contributed by atoms with van der Waals surface area (Å²) in [4.78, 5) is 10.5. The highest BCUT2D eigenvalue weighted by atomic mass is 32.2. The maximum absolute atomic E-state index is 10.5. The third-order valence-corrected chi connectivity index (χ3v) is 1.12. The van der Waals surface area contributed by atoms with Gasteiger partial charge in [-0.25, -0.2) is 4.79 Å². The van der Waals surface area contributed by atoms with E-state index in [1.54, 1.807) is 13.0 Å². The second-order valence-corrected chi connectivity index (χ2v) is 3.04. The molecular weight excluding hydrogens is 152 g/mol. The van der Waals surface area contributed by atoms with E-state index in [9.17, 15) is 9.00 Å². The highest BCUT2D eigenvalue weighted by Gasteiger charge is 1.95. The molecule has 0 amide bonds. The lowest BCUT2D eigenvalue weighted by atomic mass is 10.5. The first-order valence-corrected chi connectivity index (χ1v) is 4.49. The Balaban J connectivity index is 3.50. The minimum atomic E-state index is -1.07. The zero-order valence-corrected chi connectivity index (χ0v) is 6.81. The Labute approximate surface area is 62.5 Å². The Bertz CT molecular complexity index is 162. The molecule has 58 valence electrons. The molecule has 4 heteroatoms. The van der Waals surface area contributed by atoms with Crippen molar-refractivity contribution in [3.63, 3.8) is 0 Å². The summed E-state index contributed by atoms with van der Waals surface area (Å²) in [5, 5.41) is 0. The van der Waals surface area contributed by atoms with Crippen LogP contribution in [-0.2, 0) is 20.3 Å². The van der Waals surface area contributed by atoms with E-state index in [-0.39, 0.29) is 5.94 Å². The summed E-state index contributed by atoms with van der Waals surface area (Å²) in [7, 11) is -1.07. The van der Waals surface area contributed by atoms with E-state index in [4.69, 9.17) is 0 Å². The van der Waals surface area contributed by atoms with Crippen LogP contribution in [0.25, 0.3) is 0 Å². The first-order chi connectivity index (χ1) is 4.66. The monoisotopic (exact) mass is 162 g/mol. The maximum atomic E-state index is 10.5. The third kappa shape index (κ3) is 5.50. The van der Waals surface area contributed by atoms with E-state index >= 15 is 0 Å². The number of allylic oxidation sites excluding steroid dienone is 1. The molecule has 1 unspecified atom stereocenters. The molecule has 0 aromatic carbocycles. The van der Waals surface area contributed by atoms with Crippen molar-refractivity contribution in [2.24, 2.45) is 0 Å². The molecule has 0 heterocycles. The largest absolute Gasteiger partial charge is 0.449 e. The van der Waals surface area contributed by atoms with Crippen LogP contribution >= 0.6 is 0 Å². The number of hydrogen-bond donors (Lipinski definition) is 0. The van der Waals surface area contributed by atoms with Crippen LogP contribution < -0.4 is 0 Å². The minimum Gasteiger partial charge on any atom is -0.449 e. The molecule has 3 nitrogen and oxygen atoms in total. The van der Waals surface area contributed by atoms with Gasteiger partial charge in [-0.1, -0.05) is 6.08 Å². The van der Waals surface area contributed by atoms with E-state index in [1.807, 2.05) is 0 Å². The van der Waals surface area contributed by atoms with E-state index < -0.39 is 16.8 Å². The Morgan fingerprint density at radius 3 is 2.70 bits per heavy atom. The van der Waals surface area contributed by atoms with Gasteiger partial charge in [0.2, 0.25) is 0 Å². The molecule has 0 aliphatic heterocycles. The average molecular weight is 162 g/mol. The Morgan fingerprint density at radius 1 is 1.70 bits per heavy atom. The predicted octanol–water partition coefficient (Wildman–Crippen LogP) is 0.442. The fourth-order valence-electron chi connectivity index (χ4n) is 0.325. The SMILES string of the molecule is CC=CC(=O)OCS(C)=O. The van der Waals surface area contributed by atoms with Gasteiger partial charge in [0, 0.05) is 12.3 Å². The molecule has 0 rings (SSSR count). The summed E-state index contributed by atoms with van der Waals surface area (Å²) in [6, 6.07) is 0. The molecule has 0 aromatic rings. The van der Waals surface area contributed by atoms with Gasteiger partial charge in [0.15, 0.2) is 5.94 Å². The second-order valence-electron chi connectivity index (χ2n) is 1.65. The number of ether oxygens (including phenoxy) is 1. The van der Waals surface area contributed by atoms with Crippen molar-refractivity contribution in [3.8, 4) is 0 Å². The third-order valence-electron chi connectivity index (χ3n) is 0.670. The smallest absolute Gasteiger partial charge is 0.331 e. The molecule has 0 aliphatic carbocycles. The van der Waals surface area contributed by atoms with Crippen LogP contribution in [0.15, 0.2) is 12.2 Å². The van der Waals surface area contributed by atoms with Gasteiger partial charge in [-0.3, -0.25) is 4.21 Å². The van der Waals surface area contributed by atoms with Crippen LogP contribution in [-0.4, -0.2) is 22.4 Å². The van der Waals surface area contributed by atoms with E-state index in [0.29, 0.717) is 0 Å². The Kier molecular flexibility index (Phi) is 4.84. The molecule has 0 fully saturated rings. The fourth-order valence-corrected chi connectivity index (χ4v) is 0.607. The second kappa shape index (κ2) is 5.17. The zero-order chi connectivity index (χ0) is 7.98. The standard InChI is InChI=1S/C6H10O3S/c1-3-4-6(7)9-5-10(2)8/h3-4H,5H2,1-2H3. The molecule has 0 radical (unpaired) electrons. The van der Waals surface area contributed by atoms with Gasteiger partial charge in [0.1, 0.15) is 0 Å². The van der Waals surface area contributed by atoms with Crippen molar-refractivity contribution < 1.29 is 13.7 Å². The van der Waals surface area contributed by atoms with Crippen molar-refractivity contribution >= 4 is 16.8 Å². The number of esters is 1. The van der Waals surface area contributed by atoms with Gasteiger partial charge < -0.3 is 4.74 Å². The number of carbonyl (C=O) groups excluding carboxylic acids is 1. The molecule has 0 aliphatic rings. The van der Waals surface area contributed by atoms with E-state index in [0.717, 1.165) is 0 Å². The molecule has 10 heavy (non-hydrogen) atoms. The van der Waals surface area contributed by atoms with Crippen molar-refractivity contribution in [1.29, 1.82) is 0 Å². The van der Waals surface area contributed by atoms with Crippen LogP contribution in [0, 0.1) is 0 Å². The molecule has 1 atom stereocenters. The van der Waals surface area contributed by atoms with Crippen molar-refractivity contribution in [2.45, 2.75) is 6.92 Å². The Morgan fingerprint density at radius 2 is 2.30 bits per heavy atom. The van der Waals surface area contributed by atoms with Gasteiger partial charge >= 0.3 is 5.97 Å². The van der Waals surface area contributed by atoms with Gasteiger partial charge in [0.05, 0.1) is 10.8 Å². The van der Waals surface area contributed by atoms with Gasteiger partial charge in [-0.05, 0) is 6.92 Å². The lowest BCUT2D eigenvalue weighted by Gasteiger charge is -1.95. The van der Waals surface area contributed by atoms with Crippen LogP contribution in [0.5, 0.6) is 0 Å². The van der Waals surface area contributed by atoms with Crippen LogP contribution in [0.3, 0.4) is 0 Å². The summed E-state index contributed by atoms with van der Waals surface area (Å²) >= 11 is 0. The molecule has 0 bridgehead atoms. The highest BCUT2D eigenvalue weighted by Crippen LogP contribution is 1.83. The number of hydrogen-bond acceptors (Lipinski definition) is 3. The maximum Gasteiger partial charge on any atom is 0.331 e. The van der Waals surface area contributed by atoms with Crippen LogP contribution in [0.1, 0.15) is 6.92 Å². The summed E-state index contributed by atoms with van der Waals surface area (Å²) in [5.74, 6) is -0.471. The topological polar surface area (TPSA) is 43.4 Å².